The number of furan rings is 1. The highest BCUT2D eigenvalue weighted by Gasteiger charge is 2.41. The molecular weight excluding hydrogens is 451 g/mol. The third kappa shape index (κ3) is 5.01. The van der Waals surface area contributed by atoms with Crippen molar-refractivity contribution in [2.75, 3.05) is 11.5 Å². The van der Waals surface area contributed by atoms with Crippen LogP contribution in [0.4, 0.5) is 10.1 Å². The molecule has 0 radical (unpaired) electrons. The molecule has 35 heavy (non-hydrogen) atoms. The number of hydrogen-bond acceptors (Lipinski definition) is 5. The van der Waals surface area contributed by atoms with Gasteiger partial charge < -0.3 is 19.2 Å². The maximum Gasteiger partial charge on any atom is 0.272 e. The lowest BCUT2D eigenvalue weighted by Crippen LogP contribution is -2.52. The second-order valence-electron chi connectivity index (χ2n) is 8.81. The fraction of sp³-hybridized carbons (Fsp3) is 0.333. The van der Waals surface area contributed by atoms with Crippen LogP contribution in [0.15, 0.2) is 71.3 Å². The average molecular weight is 479 g/mol. The smallest absolute Gasteiger partial charge is 0.272 e. The van der Waals surface area contributed by atoms with Gasteiger partial charge in [0.05, 0.1) is 6.26 Å². The zero-order valence-electron chi connectivity index (χ0n) is 19.2. The maximum atomic E-state index is 13.9. The van der Waals surface area contributed by atoms with Crippen molar-refractivity contribution in [2.45, 2.75) is 50.3 Å². The van der Waals surface area contributed by atoms with Gasteiger partial charge in [0, 0.05) is 11.7 Å². The van der Waals surface area contributed by atoms with Crippen molar-refractivity contribution in [3.05, 3.63) is 78.5 Å². The van der Waals surface area contributed by atoms with Gasteiger partial charge in [-0.3, -0.25) is 14.5 Å². The first-order valence-electron chi connectivity index (χ1n) is 11.9. The van der Waals surface area contributed by atoms with Crippen molar-refractivity contribution in [3.8, 4) is 11.5 Å². The van der Waals surface area contributed by atoms with Crippen molar-refractivity contribution < 1.29 is 27.9 Å². The number of ether oxygens (including phenoxy) is 2. The molecule has 0 bridgehead atoms. The summed E-state index contributed by atoms with van der Waals surface area (Å²) < 4.78 is 31.1. The Bertz CT molecular complexity index is 1160. The number of carbonyl (C=O) groups excluding carboxylic acids is 2. The van der Waals surface area contributed by atoms with Gasteiger partial charge in [0.2, 0.25) is 6.10 Å². The highest BCUT2D eigenvalue weighted by molar-refractivity contribution is 6.03. The van der Waals surface area contributed by atoms with Gasteiger partial charge >= 0.3 is 0 Å². The fourth-order valence-corrected chi connectivity index (χ4v) is 4.65. The standard InChI is InChI=1S/C27H27FN2O5/c28-18-12-14-20(15-13-18)30(27(32)24-17-34-21-9-4-5-10-22(21)35-24)25(23-11-6-16-33-23)26(31)29-19-7-2-1-3-8-19/h4-6,9-16,19,24-25H,1-3,7-8,17H2,(H,29,31)/t24-,25-/m0/s1. The largest absolute Gasteiger partial charge is 0.485 e. The molecule has 1 fully saturated rings. The van der Waals surface area contributed by atoms with Crippen LogP contribution in [0.25, 0.3) is 0 Å². The second-order valence-corrected chi connectivity index (χ2v) is 8.81. The highest BCUT2D eigenvalue weighted by Crippen LogP contribution is 2.34. The zero-order chi connectivity index (χ0) is 24.2. The lowest BCUT2D eigenvalue weighted by atomic mass is 9.95. The Hall–Kier alpha value is -3.81. The lowest BCUT2D eigenvalue weighted by Gasteiger charge is -2.35. The van der Waals surface area contributed by atoms with Gasteiger partial charge in [-0.05, 0) is 61.4 Å². The number of nitrogens with one attached hydrogen (secondary N) is 1. The number of benzene rings is 2. The normalized spacial score (nSPS) is 18.5. The minimum absolute atomic E-state index is 0.0251. The molecule has 2 aromatic carbocycles. The summed E-state index contributed by atoms with van der Waals surface area (Å²) in [7, 11) is 0. The molecule has 1 aliphatic carbocycles. The Morgan fingerprint density at radius 2 is 1.69 bits per heavy atom. The molecule has 1 saturated carbocycles. The molecule has 7 nitrogen and oxygen atoms in total. The monoisotopic (exact) mass is 478 g/mol. The summed E-state index contributed by atoms with van der Waals surface area (Å²) in [5.74, 6) is -0.0190. The van der Waals surface area contributed by atoms with E-state index in [1.165, 1.54) is 35.4 Å². The molecule has 8 heteroatoms. The Labute approximate surface area is 202 Å². The van der Waals surface area contributed by atoms with Gasteiger partial charge in [-0.25, -0.2) is 4.39 Å². The Morgan fingerprint density at radius 3 is 2.40 bits per heavy atom. The first kappa shape index (κ1) is 23.0. The van der Waals surface area contributed by atoms with Gasteiger partial charge in [0.25, 0.3) is 11.8 Å². The molecule has 2 heterocycles. The topological polar surface area (TPSA) is 81.0 Å². The van der Waals surface area contributed by atoms with Crippen LogP contribution >= 0.6 is 0 Å². The maximum absolute atomic E-state index is 13.9. The summed E-state index contributed by atoms with van der Waals surface area (Å²) in [6, 6.07) is 14.8. The first-order valence-corrected chi connectivity index (χ1v) is 11.9. The number of rotatable bonds is 6. The summed E-state index contributed by atoms with van der Waals surface area (Å²) in [6.07, 6.45) is 5.46. The predicted octanol–water partition coefficient (Wildman–Crippen LogP) is 4.78. The number of para-hydroxylation sites is 2. The quantitative estimate of drug-likeness (QED) is 0.551. The van der Waals surface area contributed by atoms with E-state index in [1.54, 1.807) is 30.3 Å². The fourth-order valence-electron chi connectivity index (χ4n) is 4.65. The number of hydrogen-bond donors (Lipinski definition) is 1. The summed E-state index contributed by atoms with van der Waals surface area (Å²) in [4.78, 5) is 28.9. The molecule has 2 amide bonds. The van der Waals surface area contributed by atoms with Crippen LogP contribution in [0.1, 0.15) is 43.9 Å². The van der Waals surface area contributed by atoms with E-state index < -0.39 is 23.9 Å². The predicted molar refractivity (Wildman–Crippen MR) is 127 cm³/mol. The Balaban J connectivity index is 1.50. The van der Waals surface area contributed by atoms with E-state index in [0.717, 1.165) is 32.1 Å². The van der Waals surface area contributed by atoms with Gasteiger partial charge in [0.1, 0.15) is 18.2 Å². The van der Waals surface area contributed by atoms with Crippen LogP contribution < -0.4 is 19.7 Å². The molecule has 3 aromatic rings. The number of nitrogens with zero attached hydrogens (tertiary/aromatic N) is 1. The first-order chi connectivity index (χ1) is 17.1. The zero-order valence-corrected chi connectivity index (χ0v) is 19.2. The van der Waals surface area contributed by atoms with E-state index >= 15 is 0 Å². The van der Waals surface area contributed by atoms with Crippen LogP contribution in [-0.4, -0.2) is 30.6 Å². The van der Waals surface area contributed by atoms with Crippen LogP contribution in [-0.2, 0) is 9.59 Å². The third-order valence-electron chi connectivity index (χ3n) is 6.40. The third-order valence-corrected chi connectivity index (χ3v) is 6.40. The molecule has 2 atom stereocenters. The summed E-state index contributed by atoms with van der Waals surface area (Å²) >= 11 is 0. The number of halogens is 1. The van der Waals surface area contributed by atoms with Crippen LogP contribution in [0.5, 0.6) is 11.5 Å². The minimum Gasteiger partial charge on any atom is -0.485 e. The van der Waals surface area contributed by atoms with Gasteiger partial charge in [-0.1, -0.05) is 31.4 Å². The molecule has 2 aliphatic rings. The van der Waals surface area contributed by atoms with Crippen molar-refractivity contribution in [2.24, 2.45) is 0 Å². The molecule has 1 aromatic heterocycles. The molecule has 0 spiro atoms. The highest BCUT2D eigenvalue weighted by atomic mass is 19.1. The minimum atomic E-state index is -1.11. The second kappa shape index (κ2) is 10.2. The van der Waals surface area contributed by atoms with E-state index in [1.807, 2.05) is 6.07 Å². The number of amides is 2. The lowest BCUT2D eigenvalue weighted by molar-refractivity contribution is -0.132. The summed E-state index contributed by atoms with van der Waals surface area (Å²) in [5.41, 5.74) is 0.346. The Kier molecular flexibility index (Phi) is 6.70. The van der Waals surface area contributed by atoms with Crippen LogP contribution in [0.2, 0.25) is 0 Å². The van der Waals surface area contributed by atoms with Crippen molar-refractivity contribution in [3.63, 3.8) is 0 Å². The van der Waals surface area contributed by atoms with Crippen LogP contribution in [0, 0.1) is 5.82 Å². The summed E-state index contributed by atoms with van der Waals surface area (Å²) in [6.45, 7) is -0.0251. The SMILES string of the molecule is O=C(NC1CCCCC1)[C@H](c1ccco1)N(C(=O)[C@@H]1COc2ccccc2O1)c1ccc(F)cc1. The van der Waals surface area contributed by atoms with E-state index in [2.05, 4.69) is 5.32 Å². The molecule has 1 N–H and O–H groups in total. The van der Waals surface area contributed by atoms with E-state index in [9.17, 15) is 14.0 Å². The number of fused-ring (bicyclic) bond motifs is 1. The molecule has 0 saturated heterocycles. The Morgan fingerprint density at radius 1 is 0.943 bits per heavy atom. The number of anilines is 1. The molecule has 182 valence electrons. The van der Waals surface area contributed by atoms with E-state index in [-0.39, 0.29) is 18.6 Å². The van der Waals surface area contributed by atoms with Crippen molar-refractivity contribution in [1.82, 2.24) is 5.32 Å². The molecular formula is C27H27FN2O5. The van der Waals surface area contributed by atoms with Gasteiger partial charge in [0.15, 0.2) is 17.5 Å². The van der Waals surface area contributed by atoms with E-state index in [0.29, 0.717) is 22.9 Å². The van der Waals surface area contributed by atoms with Crippen LogP contribution in [0.3, 0.4) is 0 Å². The van der Waals surface area contributed by atoms with Crippen molar-refractivity contribution >= 4 is 17.5 Å². The van der Waals surface area contributed by atoms with Gasteiger partial charge in [-0.15, -0.1) is 0 Å². The average Bonchev–Trinajstić information content (AvgIpc) is 3.42. The summed E-state index contributed by atoms with van der Waals surface area (Å²) in [5, 5.41) is 3.10. The van der Waals surface area contributed by atoms with Crippen molar-refractivity contribution in [1.29, 1.82) is 0 Å². The molecule has 5 rings (SSSR count). The molecule has 1 aliphatic heterocycles. The van der Waals surface area contributed by atoms with E-state index in [4.69, 9.17) is 13.9 Å². The number of carbonyl (C=O) groups is 2. The van der Waals surface area contributed by atoms with Gasteiger partial charge in [-0.2, -0.15) is 0 Å². The molecule has 0 unspecified atom stereocenters.